The highest BCUT2D eigenvalue weighted by atomic mass is 32.1. The first kappa shape index (κ1) is 19.8. The van der Waals surface area contributed by atoms with Crippen molar-refractivity contribution in [2.24, 2.45) is 0 Å². The van der Waals surface area contributed by atoms with Gasteiger partial charge in [-0.3, -0.25) is 4.79 Å². The summed E-state index contributed by atoms with van der Waals surface area (Å²) in [5.41, 5.74) is 1.75. The summed E-state index contributed by atoms with van der Waals surface area (Å²) in [4.78, 5) is 22.0. The van der Waals surface area contributed by atoms with Crippen LogP contribution in [0.3, 0.4) is 0 Å². The molecule has 0 amide bonds. The number of para-hydroxylation sites is 1. The number of thiocarbonyl (C=S) groups is 1. The molecule has 6 nitrogen and oxygen atoms in total. The summed E-state index contributed by atoms with van der Waals surface area (Å²) in [6.45, 7) is 1.58. The molecule has 0 fully saturated rings. The predicted octanol–water partition coefficient (Wildman–Crippen LogP) is 3.64. The van der Waals surface area contributed by atoms with Crippen LogP contribution in [0.5, 0.6) is 0 Å². The Morgan fingerprint density at radius 1 is 1.07 bits per heavy atom. The Balaban J connectivity index is 1.52. The van der Waals surface area contributed by atoms with Crippen LogP contribution in [0.4, 0.5) is 0 Å². The average molecular weight is 419 g/mol. The van der Waals surface area contributed by atoms with Crippen molar-refractivity contribution in [2.45, 2.75) is 19.5 Å². The van der Waals surface area contributed by atoms with Crippen molar-refractivity contribution in [3.05, 3.63) is 100 Å². The molecule has 0 bridgehead atoms. The number of aromatic amines is 1. The Hall–Kier alpha value is -3.45. The molecule has 0 aliphatic rings. The summed E-state index contributed by atoms with van der Waals surface area (Å²) in [5, 5.41) is 4.40. The van der Waals surface area contributed by atoms with E-state index < -0.39 is 0 Å². The summed E-state index contributed by atoms with van der Waals surface area (Å²) in [5.74, 6) is 1.38. The molecular weight excluding hydrogens is 396 g/mol. The number of aromatic nitrogens is 2. The Labute approximate surface area is 179 Å². The molecule has 0 aliphatic carbocycles. The maximum absolute atomic E-state index is 12.4. The molecule has 152 valence electrons. The second kappa shape index (κ2) is 9.37. The van der Waals surface area contributed by atoms with Gasteiger partial charge in [0, 0.05) is 6.54 Å². The van der Waals surface area contributed by atoms with Crippen LogP contribution in [0.15, 0.2) is 82.2 Å². The number of hydrogen-bond acceptors (Lipinski definition) is 4. The minimum atomic E-state index is -0.145. The fourth-order valence-corrected chi connectivity index (χ4v) is 3.47. The maximum Gasteiger partial charge on any atom is 0.258 e. The van der Waals surface area contributed by atoms with Gasteiger partial charge in [0.15, 0.2) is 5.11 Å². The van der Waals surface area contributed by atoms with Crippen LogP contribution < -0.4 is 10.9 Å². The highest BCUT2D eigenvalue weighted by Gasteiger charge is 2.14. The predicted molar refractivity (Wildman–Crippen MR) is 121 cm³/mol. The number of H-pyrrole nitrogens is 1. The third kappa shape index (κ3) is 4.93. The van der Waals surface area contributed by atoms with Crippen LogP contribution in [0.2, 0.25) is 0 Å². The number of rotatable bonds is 7. The van der Waals surface area contributed by atoms with E-state index in [1.165, 1.54) is 5.56 Å². The van der Waals surface area contributed by atoms with Crippen LogP contribution in [0.25, 0.3) is 10.9 Å². The topological polar surface area (TPSA) is 74.2 Å². The van der Waals surface area contributed by atoms with Gasteiger partial charge in [-0.05, 0) is 48.5 Å². The molecule has 0 radical (unpaired) electrons. The molecule has 0 saturated heterocycles. The van der Waals surface area contributed by atoms with E-state index in [4.69, 9.17) is 16.6 Å². The molecule has 4 rings (SSSR count). The monoisotopic (exact) mass is 418 g/mol. The number of benzene rings is 2. The van der Waals surface area contributed by atoms with E-state index in [0.717, 1.165) is 12.2 Å². The highest BCUT2D eigenvalue weighted by Crippen LogP contribution is 2.09. The van der Waals surface area contributed by atoms with Crippen molar-refractivity contribution in [1.29, 1.82) is 0 Å². The fourth-order valence-electron chi connectivity index (χ4n) is 3.24. The number of nitrogens with zero attached hydrogens (tertiary/aromatic N) is 2. The van der Waals surface area contributed by atoms with Gasteiger partial charge in [-0.1, -0.05) is 42.5 Å². The van der Waals surface area contributed by atoms with Gasteiger partial charge < -0.3 is 19.6 Å². The van der Waals surface area contributed by atoms with Crippen LogP contribution in [-0.2, 0) is 19.5 Å². The third-order valence-electron chi connectivity index (χ3n) is 4.80. The molecule has 0 unspecified atom stereocenters. The van der Waals surface area contributed by atoms with Crippen LogP contribution in [-0.4, -0.2) is 26.5 Å². The molecule has 2 aromatic carbocycles. The third-order valence-corrected chi connectivity index (χ3v) is 5.20. The van der Waals surface area contributed by atoms with Crippen molar-refractivity contribution in [1.82, 2.24) is 20.2 Å². The Morgan fingerprint density at radius 2 is 1.87 bits per heavy atom. The van der Waals surface area contributed by atoms with Crippen molar-refractivity contribution in [3.63, 3.8) is 0 Å². The molecule has 0 aliphatic heterocycles. The molecule has 30 heavy (non-hydrogen) atoms. The Kier molecular flexibility index (Phi) is 6.20. The van der Waals surface area contributed by atoms with E-state index in [0.29, 0.717) is 41.5 Å². The number of nitrogens with one attached hydrogen (secondary N) is 2. The van der Waals surface area contributed by atoms with E-state index in [9.17, 15) is 4.79 Å². The zero-order valence-electron chi connectivity index (χ0n) is 16.4. The van der Waals surface area contributed by atoms with Gasteiger partial charge in [0.25, 0.3) is 5.56 Å². The van der Waals surface area contributed by atoms with E-state index >= 15 is 0 Å². The van der Waals surface area contributed by atoms with Gasteiger partial charge in [0.1, 0.15) is 11.6 Å². The molecule has 0 atom stereocenters. The fraction of sp³-hybridized carbons (Fsp3) is 0.174. The van der Waals surface area contributed by atoms with E-state index in [2.05, 4.69) is 27.4 Å². The number of furan rings is 1. The van der Waals surface area contributed by atoms with E-state index in [1.807, 2.05) is 53.4 Å². The lowest BCUT2D eigenvalue weighted by atomic mass is 10.1. The van der Waals surface area contributed by atoms with Crippen molar-refractivity contribution in [3.8, 4) is 0 Å². The normalized spacial score (nSPS) is 10.8. The summed E-state index contributed by atoms with van der Waals surface area (Å²) >= 11 is 5.65. The van der Waals surface area contributed by atoms with Gasteiger partial charge in [-0.2, -0.15) is 0 Å². The van der Waals surface area contributed by atoms with Gasteiger partial charge >= 0.3 is 0 Å². The molecule has 7 heteroatoms. The van der Waals surface area contributed by atoms with Gasteiger partial charge in [-0.15, -0.1) is 0 Å². The first-order chi connectivity index (χ1) is 14.7. The summed E-state index contributed by atoms with van der Waals surface area (Å²) in [6.07, 6.45) is 2.46. The zero-order chi connectivity index (χ0) is 20.8. The molecule has 2 N–H and O–H groups in total. The maximum atomic E-state index is 12.4. The molecule has 0 spiro atoms. The van der Waals surface area contributed by atoms with Gasteiger partial charge in [0.2, 0.25) is 0 Å². The summed E-state index contributed by atoms with van der Waals surface area (Å²) in [6, 6.07) is 21.3. The molecule has 4 aromatic rings. The zero-order valence-corrected chi connectivity index (χ0v) is 17.2. The summed E-state index contributed by atoms with van der Waals surface area (Å²) < 4.78 is 5.37. The molecule has 2 aromatic heterocycles. The highest BCUT2D eigenvalue weighted by molar-refractivity contribution is 7.80. The Morgan fingerprint density at radius 3 is 2.67 bits per heavy atom. The lowest BCUT2D eigenvalue weighted by Crippen LogP contribution is -2.40. The quantitative estimate of drug-likeness (QED) is 0.447. The van der Waals surface area contributed by atoms with Crippen LogP contribution in [0.1, 0.15) is 17.1 Å². The minimum Gasteiger partial charge on any atom is -0.467 e. The molecular formula is C23H22N4O2S. The second-order valence-corrected chi connectivity index (χ2v) is 7.31. The van der Waals surface area contributed by atoms with Gasteiger partial charge in [-0.25, -0.2) is 4.98 Å². The van der Waals surface area contributed by atoms with Crippen molar-refractivity contribution < 1.29 is 4.42 Å². The van der Waals surface area contributed by atoms with E-state index in [1.54, 1.807) is 12.3 Å². The van der Waals surface area contributed by atoms with Crippen molar-refractivity contribution in [2.75, 3.05) is 6.54 Å². The largest absolute Gasteiger partial charge is 0.467 e. The van der Waals surface area contributed by atoms with Crippen LogP contribution >= 0.6 is 12.2 Å². The second-order valence-electron chi connectivity index (χ2n) is 6.92. The minimum absolute atomic E-state index is 0.145. The van der Waals surface area contributed by atoms with Crippen molar-refractivity contribution >= 4 is 28.2 Å². The SMILES string of the molecule is O=c1[nH]c(CN(CCc2ccccc2)C(=S)NCc2ccco2)nc2ccccc12. The smallest absolute Gasteiger partial charge is 0.258 e. The standard InChI is InChI=1S/C23H22N4O2S/c28-22-19-10-4-5-11-20(19)25-21(26-22)16-27(13-12-17-7-2-1-3-8-17)23(30)24-15-18-9-6-14-29-18/h1-11,14H,12-13,15-16H2,(H,24,30)(H,25,26,28). The van der Waals surface area contributed by atoms with Gasteiger partial charge in [0.05, 0.1) is 30.3 Å². The number of fused-ring (bicyclic) bond motifs is 1. The average Bonchev–Trinajstić information content (AvgIpc) is 3.29. The van der Waals surface area contributed by atoms with Crippen LogP contribution in [0, 0.1) is 0 Å². The molecule has 2 heterocycles. The lowest BCUT2D eigenvalue weighted by Gasteiger charge is -2.25. The molecule has 0 saturated carbocycles. The summed E-state index contributed by atoms with van der Waals surface area (Å²) in [7, 11) is 0. The van der Waals surface area contributed by atoms with E-state index in [-0.39, 0.29) is 5.56 Å². The Bertz CT molecular complexity index is 1170. The lowest BCUT2D eigenvalue weighted by molar-refractivity contribution is 0.394. The number of hydrogen-bond donors (Lipinski definition) is 2. The first-order valence-electron chi connectivity index (χ1n) is 9.76. The first-order valence-corrected chi connectivity index (χ1v) is 10.2.